The number of nitrogens with one attached hydrogen (secondary N) is 1. The fourth-order valence-electron chi connectivity index (χ4n) is 3.96. The second-order valence-electron chi connectivity index (χ2n) is 8.34. The molecule has 1 atom stereocenters. The van der Waals surface area contributed by atoms with E-state index in [0.717, 1.165) is 48.8 Å². The molecule has 0 bridgehead atoms. The van der Waals surface area contributed by atoms with Crippen molar-refractivity contribution in [2.75, 3.05) is 58.3 Å². The third kappa shape index (κ3) is 6.95. The number of benzene rings is 1. The molecule has 7 nitrogen and oxygen atoms in total. The van der Waals surface area contributed by atoms with Crippen LogP contribution in [0.3, 0.4) is 0 Å². The number of nitrogens with zero attached hydrogens (tertiary/aromatic N) is 2. The summed E-state index contributed by atoms with van der Waals surface area (Å²) in [5.41, 5.74) is 3.05. The van der Waals surface area contributed by atoms with E-state index in [1.165, 1.54) is 0 Å². The lowest BCUT2D eigenvalue weighted by Gasteiger charge is -2.35. The largest absolute Gasteiger partial charge is 0.497 e. The fraction of sp³-hybridized carbons (Fsp3) is 0.480. The number of ether oxygens (including phenoxy) is 2. The first kappa shape index (κ1) is 24.0. The van der Waals surface area contributed by atoms with Gasteiger partial charge in [-0.1, -0.05) is 36.4 Å². The number of para-hydroxylation sites is 1. The molecule has 0 radical (unpaired) electrons. The van der Waals surface area contributed by atoms with Crippen molar-refractivity contribution < 1.29 is 19.4 Å². The van der Waals surface area contributed by atoms with Crippen LogP contribution in [0.25, 0.3) is 0 Å². The number of amides is 1. The van der Waals surface area contributed by atoms with Crippen LogP contribution < -0.4 is 5.32 Å². The van der Waals surface area contributed by atoms with Crippen molar-refractivity contribution in [3.63, 3.8) is 0 Å². The highest BCUT2D eigenvalue weighted by molar-refractivity contribution is 5.93. The number of β-amino-alcohol motifs (C(OH)–C–C–N with tert-alkyl or cyclic N) is 1. The number of aliphatic hydroxyl groups excluding tert-OH is 1. The highest BCUT2D eigenvalue weighted by Gasteiger charge is 2.22. The van der Waals surface area contributed by atoms with Gasteiger partial charge in [-0.15, -0.1) is 0 Å². The van der Waals surface area contributed by atoms with Crippen molar-refractivity contribution in [2.24, 2.45) is 0 Å². The van der Waals surface area contributed by atoms with Gasteiger partial charge < -0.3 is 19.9 Å². The number of anilines is 1. The second kappa shape index (κ2) is 11.9. The van der Waals surface area contributed by atoms with E-state index in [1.807, 2.05) is 56.4 Å². The lowest BCUT2D eigenvalue weighted by Crippen LogP contribution is -2.50. The minimum absolute atomic E-state index is 0.0115. The van der Waals surface area contributed by atoms with Crippen LogP contribution in [0.4, 0.5) is 5.69 Å². The van der Waals surface area contributed by atoms with E-state index < -0.39 is 6.10 Å². The van der Waals surface area contributed by atoms with E-state index in [9.17, 15) is 9.90 Å². The Balaban J connectivity index is 1.39. The summed E-state index contributed by atoms with van der Waals surface area (Å²) in [5, 5.41) is 13.5. The van der Waals surface area contributed by atoms with Crippen LogP contribution in [0, 0.1) is 13.8 Å². The maximum Gasteiger partial charge on any atom is 0.238 e. The number of carbonyl (C=O) groups excluding carboxylic acids is 1. The highest BCUT2D eigenvalue weighted by atomic mass is 16.5. The van der Waals surface area contributed by atoms with Crippen LogP contribution in [0.2, 0.25) is 0 Å². The lowest BCUT2D eigenvalue weighted by molar-refractivity contribution is -0.117. The van der Waals surface area contributed by atoms with E-state index in [4.69, 9.17) is 9.47 Å². The minimum atomic E-state index is -0.593. The summed E-state index contributed by atoms with van der Waals surface area (Å²) in [6, 6.07) is 6.01. The number of piperazine rings is 1. The Morgan fingerprint density at radius 1 is 1.12 bits per heavy atom. The molecular weight excluding hydrogens is 406 g/mol. The standard InChI is InChI=1S/C25H35N3O4/c1-19-8-7-9-20(2)25(19)26-24(30)17-28-14-12-27(13-15-28)16-21(29)18-32-23-11-6-4-5-10-22(23)31-3/h4-9,11,21,29H,10,12-18H2,1-3H3,(H,26,30). The number of hydrogen-bond donors (Lipinski definition) is 2. The molecule has 1 fully saturated rings. The third-order valence-electron chi connectivity index (χ3n) is 5.80. The van der Waals surface area contributed by atoms with Crippen molar-refractivity contribution in [1.29, 1.82) is 0 Å². The van der Waals surface area contributed by atoms with Gasteiger partial charge in [0.25, 0.3) is 0 Å². The first-order valence-electron chi connectivity index (χ1n) is 11.2. The van der Waals surface area contributed by atoms with Crippen LogP contribution in [0.1, 0.15) is 17.5 Å². The summed E-state index contributed by atoms with van der Waals surface area (Å²) in [6.45, 7) is 8.35. The third-order valence-corrected chi connectivity index (χ3v) is 5.80. The molecule has 174 valence electrons. The van der Waals surface area contributed by atoms with Crippen molar-refractivity contribution >= 4 is 11.6 Å². The number of methoxy groups -OCH3 is 1. The molecule has 3 rings (SSSR count). The Morgan fingerprint density at radius 3 is 2.50 bits per heavy atom. The van der Waals surface area contributed by atoms with E-state index in [0.29, 0.717) is 25.3 Å². The monoisotopic (exact) mass is 441 g/mol. The zero-order chi connectivity index (χ0) is 22.9. The van der Waals surface area contributed by atoms with Crippen LogP contribution in [0.5, 0.6) is 0 Å². The predicted octanol–water partition coefficient (Wildman–Crippen LogP) is 2.61. The summed E-state index contributed by atoms with van der Waals surface area (Å²) < 4.78 is 11.2. The van der Waals surface area contributed by atoms with Gasteiger partial charge in [-0.3, -0.25) is 14.6 Å². The van der Waals surface area contributed by atoms with Gasteiger partial charge in [0, 0.05) is 44.8 Å². The molecule has 0 aromatic heterocycles. The Morgan fingerprint density at radius 2 is 1.81 bits per heavy atom. The first-order chi connectivity index (χ1) is 15.5. The smallest absolute Gasteiger partial charge is 0.238 e. The molecule has 1 aliphatic carbocycles. The highest BCUT2D eigenvalue weighted by Crippen LogP contribution is 2.19. The fourth-order valence-corrected chi connectivity index (χ4v) is 3.96. The van der Waals surface area contributed by atoms with Crippen LogP contribution >= 0.6 is 0 Å². The normalized spacial score (nSPS) is 18.4. The first-order valence-corrected chi connectivity index (χ1v) is 11.2. The van der Waals surface area contributed by atoms with Crippen LogP contribution in [-0.4, -0.2) is 79.9 Å². The quantitative estimate of drug-likeness (QED) is 0.614. The Labute approximate surface area is 191 Å². The number of hydrogen-bond acceptors (Lipinski definition) is 6. The van der Waals surface area contributed by atoms with Crippen molar-refractivity contribution in [3.8, 4) is 0 Å². The molecule has 7 heteroatoms. The predicted molar refractivity (Wildman–Crippen MR) is 126 cm³/mol. The molecule has 0 saturated carbocycles. The minimum Gasteiger partial charge on any atom is -0.497 e. The van der Waals surface area contributed by atoms with Gasteiger partial charge in [0.2, 0.25) is 5.91 Å². The van der Waals surface area contributed by atoms with Gasteiger partial charge in [-0.2, -0.15) is 0 Å². The summed E-state index contributed by atoms with van der Waals surface area (Å²) >= 11 is 0. The summed E-state index contributed by atoms with van der Waals surface area (Å²) in [5.74, 6) is 1.43. The zero-order valence-electron chi connectivity index (χ0n) is 19.3. The van der Waals surface area contributed by atoms with Crippen molar-refractivity contribution in [3.05, 3.63) is 65.1 Å². The number of carbonyl (C=O) groups is 1. The summed E-state index contributed by atoms with van der Waals surface area (Å²) in [7, 11) is 1.63. The molecule has 1 aromatic rings. The van der Waals surface area contributed by atoms with Crippen LogP contribution in [-0.2, 0) is 14.3 Å². The molecule has 1 heterocycles. The molecule has 1 saturated heterocycles. The average molecular weight is 442 g/mol. The number of aliphatic hydroxyl groups is 1. The lowest BCUT2D eigenvalue weighted by atomic mass is 10.1. The number of rotatable bonds is 9. The van der Waals surface area contributed by atoms with Gasteiger partial charge in [0.15, 0.2) is 5.76 Å². The molecule has 32 heavy (non-hydrogen) atoms. The Kier molecular flexibility index (Phi) is 8.90. The topological polar surface area (TPSA) is 74.3 Å². The summed E-state index contributed by atoms with van der Waals surface area (Å²) in [4.78, 5) is 16.9. The molecule has 1 aromatic carbocycles. The van der Waals surface area contributed by atoms with Gasteiger partial charge in [0.1, 0.15) is 18.5 Å². The molecular formula is C25H35N3O4. The van der Waals surface area contributed by atoms with E-state index >= 15 is 0 Å². The van der Waals surface area contributed by atoms with Crippen molar-refractivity contribution in [1.82, 2.24) is 9.80 Å². The molecule has 1 amide bonds. The molecule has 2 N–H and O–H groups in total. The van der Waals surface area contributed by atoms with Gasteiger partial charge in [-0.25, -0.2) is 0 Å². The number of aryl methyl sites for hydroxylation is 2. The maximum absolute atomic E-state index is 12.5. The molecule has 1 aliphatic heterocycles. The Bertz CT molecular complexity index is 850. The van der Waals surface area contributed by atoms with Crippen LogP contribution in [0.15, 0.2) is 54.0 Å². The van der Waals surface area contributed by atoms with E-state index in [2.05, 4.69) is 15.1 Å². The van der Waals surface area contributed by atoms with Gasteiger partial charge in [0.05, 0.1) is 13.7 Å². The van der Waals surface area contributed by atoms with Gasteiger partial charge >= 0.3 is 0 Å². The summed E-state index contributed by atoms with van der Waals surface area (Å²) in [6.07, 6.45) is 7.80. The van der Waals surface area contributed by atoms with Crippen molar-refractivity contribution in [2.45, 2.75) is 26.4 Å². The van der Waals surface area contributed by atoms with Gasteiger partial charge in [-0.05, 0) is 31.1 Å². The zero-order valence-corrected chi connectivity index (χ0v) is 19.3. The second-order valence-corrected chi connectivity index (χ2v) is 8.34. The Hall–Kier alpha value is -2.61. The number of allylic oxidation sites excluding steroid dienone is 4. The molecule has 2 aliphatic rings. The van der Waals surface area contributed by atoms with E-state index in [1.54, 1.807) is 7.11 Å². The average Bonchev–Trinajstić information content (AvgIpc) is 3.01. The molecule has 1 unspecified atom stereocenters. The molecule has 0 spiro atoms. The SMILES string of the molecule is COC1=C(OCC(O)CN2CCN(CC(=O)Nc3c(C)cccc3C)CC2)C=CC=CC1. The van der Waals surface area contributed by atoms with E-state index in [-0.39, 0.29) is 12.5 Å². The maximum atomic E-state index is 12.5.